The first-order valence-electron chi connectivity index (χ1n) is 5.64. The number of anilines is 1. The quantitative estimate of drug-likeness (QED) is 0.708. The average Bonchev–Trinajstić information content (AvgIpc) is 2.36. The second-order valence-electron chi connectivity index (χ2n) is 3.48. The van der Waals surface area contributed by atoms with Crippen LogP contribution in [0.1, 0.15) is 6.92 Å². The van der Waals surface area contributed by atoms with Crippen LogP contribution in [0.2, 0.25) is 0 Å². The van der Waals surface area contributed by atoms with Gasteiger partial charge in [0.15, 0.2) is 0 Å². The van der Waals surface area contributed by atoms with Gasteiger partial charge in [0.1, 0.15) is 11.5 Å². The van der Waals surface area contributed by atoms with Gasteiger partial charge in [0, 0.05) is 6.54 Å². The number of hydrogen-bond donors (Lipinski definition) is 3. The number of hydrogen-bond acceptors (Lipinski definition) is 5. The van der Waals surface area contributed by atoms with E-state index in [1.807, 2.05) is 0 Å². The van der Waals surface area contributed by atoms with Gasteiger partial charge >= 0.3 is 6.09 Å². The van der Waals surface area contributed by atoms with Crippen LogP contribution in [-0.2, 0) is 14.8 Å². The van der Waals surface area contributed by atoms with Crippen molar-refractivity contribution in [2.75, 3.05) is 25.1 Å². The van der Waals surface area contributed by atoms with Gasteiger partial charge in [-0.2, -0.15) is 0 Å². The van der Waals surface area contributed by atoms with Gasteiger partial charge in [0.25, 0.3) is 0 Å². The summed E-state index contributed by atoms with van der Waals surface area (Å²) in [5.41, 5.74) is 0.117. The second-order valence-corrected chi connectivity index (χ2v) is 5.22. The van der Waals surface area contributed by atoms with Crippen molar-refractivity contribution in [1.82, 2.24) is 4.72 Å². The maximum Gasteiger partial charge on any atom is 0.411 e. The lowest BCUT2D eigenvalue weighted by atomic mass is 10.3. The van der Waals surface area contributed by atoms with E-state index in [1.54, 1.807) is 19.1 Å². The highest BCUT2D eigenvalue weighted by atomic mass is 32.2. The molecular weight excluding hydrogens is 272 g/mol. The normalized spacial score (nSPS) is 11.1. The van der Waals surface area contributed by atoms with Gasteiger partial charge < -0.3 is 9.84 Å². The minimum absolute atomic E-state index is 0.0437. The fourth-order valence-corrected chi connectivity index (χ4v) is 2.56. The number of nitrogens with one attached hydrogen (secondary N) is 2. The molecule has 0 spiro atoms. The third-order valence-electron chi connectivity index (χ3n) is 2.07. The minimum Gasteiger partial charge on any atom is -0.447 e. The Kier molecular flexibility index (Phi) is 5.74. The molecule has 1 aromatic rings. The first-order chi connectivity index (χ1) is 9.01. The highest BCUT2D eigenvalue weighted by Gasteiger charge is 2.18. The number of amides is 1. The Morgan fingerprint density at radius 3 is 2.68 bits per heavy atom. The summed E-state index contributed by atoms with van der Waals surface area (Å²) < 4.78 is 30.8. The molecule has 1 aromatic carbocycles. The molecule has 0 saturated carbocycles. The monoisotopic (exact) mass is 288 g/mol. The van der Waals surface area contributed by atoms with E-state index in [1.165, 1.54) is 12.1 Å². The van der Waals surface area contributed by atoms with E-state index >= 15 is 0 Å². The molecule has 1 amide bonds. The van der Waals surface area contributed by atoms with Crippen molar-refractivity contribution < 1.29 is 23.1 Å². The lowest BCUT2D eigenvalue weighted by molar-refractivity contribution is 0.131. The van der Waals surface area contributed by atoms with Crippen LogP contribution in [0.25, 0.3) is 0 Å². The van der Waals surface area contributed by atoms with E-state index in [9.17, 15) is 13.2 Å². The largest absolute Gasteiger partial charge is 0.447 e. The first-order valence-corrected chi connectivity index (χ1v) is 7.13. The summed E-state index contributed by atoms with van der Waals surface area (Å²) in [5.74, 6) is 0. The molecule has 0 fully saturated rings. The van der Waals surface area contributed by atoms with Crippen molar-refractivity contribution in [1.29, 1.82) is 0 Å². The number of carbonyl (C=O) groups excluding carboxylic acids is 1. The standard InChI is InChI=1S/C11H16N2O5S/c1-2-12-19(16,17)10-6-4-3-5-9(10)13-11(15)18-8-7-14/h3-6,12,14H,2,7-8H2,1H3,(H,13,15). The maximum absolute atomic E-state index is 11.9. The third kappa shape index (κ3) is 4.51. The number of aliphatic hydroxyl groups excluding tert-OH is 1. The molecule has 0 saturated heterocycles. The van der Waals surface area contributed by atoms with Crippen molar-refractivity contribution in [2.24, 2.45) is 0 Å². The van der Waals surface area contributed by atoms with E-state index < -0.39 is 16.1 Å². The van der Waals surface area contributed by atoms with Crippen LogP contribution in [0, 0.1) is 0 Å². The Labute approximate surface area is 111 Å². The number of ether oxygens (including phenoxy) is 1. The Balaban J connectivity index is 2.94. The summed E-state index contributed by atoms with van der Waals surface area (Å²) in [4.78, 5) is 11.3. The molecule has 19 heavy (non-hydrogen) atoms. The summed E-state index contributed by atoms with van der Waals surface area (Å²) in [5, 5.41) is 10.8. The summed E-state index contributed by atoms with van der Waals surface area (Å²) in [6.07, 6.45) is -0.826. The number of para-hydroxylation sites is 1. The topological polar surface area (TPSA) is 105 Å². The first kappa shape index (κ1) is 15.4. The number of sulfonamides is 1. The highest BCUT2D eigenvalue weighted by Crippen LogP contribution is 2.20. The predicted octanol–water partition coefficient (Wildman–Crippen LogP) is 0.526. The molecular formula is C11H16N2O5S. The summed E-state index contributed by atoms with van der Waals surface area (Å²) >= 11 is 0. The Morgan fingerprint density at radius 2 is 2.05 bits per heavy atom. The van der Waals surface area contributed by atoms with Crippen LogP contribution in [0.15, 0.2) is 29.2 Å². The summed E-state index contributed by atoms with van der Waals surface area (Å²) in [7, 11) is -3.68. The molecule has 0 aromatic heterocycles. The molecule has 0 atom stereocenters. The van der Waals surface area contributed by atoms with Crippen LogP contribution in [0.5, 0.6) is 0 Å². The summed E-state index contributed by atoms with van der Waals surface area (Å²) in [6.45, 7) is 1.44. The van der Waals surface area contributed by atoms with E-state index in [4.69, 9.17) is 5.11 Å². The number of benzene rings is 1. The van der Waals surface area contributed by atoms with Gasteiger partial charge in [-0.1, -0.05) is 19.1 Å². The molecule has 0 aliphatic carbocycles. The van der Waals surface area contributed by atoms with Crippen molar-refractivity contribution in [3.05, 3.63) is 24.3 Å². The van der Waals surface area contributed by atoms with E-state index in [2.05, 4.69) is 14.8 Å². The van der Waals surface area contributed by atoms with Gasteiger partial charge in [0.2, 0.25) is 10.0 Å². The Morgan fingerprint density at radius 1 is 1.37 bits per heavy atom. The van der Waals surface area contributed by atoms with Crippen LogP contribution in [0.4, 0.5) is 10.5 Å². The number of carbonyl (C=O) groups is 1. The zero-order valence-electron chi connectivity index (χ0n) is 10.4. The molecule has 0 bridgehead atoms. The molecule has 0 heterocycles. The molecule has 3 N–H and O–H groups in total. The van der Waals surface area contributed by atoms with Crippen molar-refractivity contribution in [3.63, 3.8) is 0 Å². The third-order valence-corrected chi connectivity index (χ3v) is 3.68. The van der Waals surface area contributed by atoms with Crippen molar-refractivity contribution in [2.45, 2.75) is 11.8 Å². The van der Waals surface area contributed by atoms with Gasteiger partial charge in [-0.15, -0.1) is 0 Å². The molecule has 106 valence electrons. The fraction of sp³-hybridized carbons (Fsp3) is 0.364. The zero-order valence-corrected chi connectivity index (χ0v) is 11.2. The second kappa shape index (κ2) is 7.07. The molecule has 0 aliphatic rings. The SMILES string of the molecule is CCNS(=O)(=O)c1ccccc1NC(=O)OCCO. The molecule has 7 nitrogen and oxygen atoms in total. The van der Waals surface area contributed by atoms with Gasteiger partial charge in [-0.3, -0.25) is 5.32 Å². The van der Waals surface area contributed by atoms with E-state index in [-0.39, 0.29) is 30.3 Å². The van der Waals surface area contributed by atoms with Gasteiger partial charge in [-0.25, -0.2) is 17.9 Å². The predicted molar refractivity (Wildman–Crippen MR) is 69.4 cm³/mol. The van der Waals surface area contributed by atoms with Gasteiger partial charge in [0.05, 0.1) is 12.3 Å². The number of rotatable bonds is 6. The van der Waals surface area contributed by atoms with Crippen molar-refractivity contribution >= 4 is 21.8 Å². The lowest BCUT2D eigenvalue weighted by Gasteiger charge is -2.11. The number of aliphatic hydroxyl groups is 1. The van der Waals surface area contributed by atoms with E-state index in [0.717, 1.165) is 0 Å². The maximum atomic E-state index is 11.9. The molecule has 0 radical (unpaired) electrons. The Hall–Kier alpha value is -1.64. The van der Waals surface area contributed by atoms with Crippen molar-refractivity contribution in [3.8, 4) is 0 Å². The fourth-order valence-electron chi connectivity index (χ4n) is 1.36. The minimum atomic E-state index is -3.68. The molecule has 0 aliphatic heterocycles. The van der Waals surface area contributed by atoms with E-state index in [0.29, 0.717) is 0 Å². The van der Waals surface area contributed by atoms with Crippen LogP contribution >= 0.6 is 0 Å². The molecule has 0 unspecified atom stereocenters. The van der Waals surface area contributed by atoms with Crippen LogP contribution in [0.3, 0.4) is 0 Å². The summed E-state index contributed by atoms with van der Waals surface area (Å²) in [6, 6.07) is 5.96. The van der Waals surface area contributed by atoms with Crippen LogP contribution in [-0.4, -0.2) is 39.4 Å². The average molecular weight is 288 g/mol. The highest BCUT2D eigenvalue weighted by molar-refractivity contribution is 7.89. The zero-order chi connectivity index (χ0) is 14.3. The Bertz CT molecular complexity index is 530. The lowest BCUT2D eigenvalue weighted by Crippen LogP contribution is -2.25. The molecule has 8 heteroatoms. The van der Waals surface area contributed by atoms with Gasteiger partial charge in [-0.05, 0) is 12.1 Å². The molecule has 1 rings (SSSR count). The van der Waals surface area contributed by atoms with Crippen LogP contribution < -0.4 is 10.0 Å². The smallest absolute Gasteiger partial charge is 0.411 e.